The second kappa shape index (κ2) is 11.3. The molecule has 2 aromatic carbocycles. The Bertz CT molecular complexity index is 1270. The first-order chi connectivity index (χ1) is 17.4. The van der Waals surface area contributed by atoms with E-state index in [4.69, 9.17) is 14.5 Å². The summed E-state index contributed by atoms with van der Waals surface area (Å²) in [6.45, 7) is 8.16. The molecule has 8 nitrogen and oxygen atoms in total. The highest BCUT2D eigenvalue weighted by Crippen LogP contribution is 2.29. The van der Waals surface area contributed by atoms with Gasteiger partial charge in [0.1, 0.15) is 0 Å². The van der Waals surface area contributed by atoms with Gasteiger partial charge in [0.2, 0.25) is 0 Å². The highest BCUT2D eigenvalue weighted by Gasteiger charge is 2.28. The zero-order valence-electron chi connectivity index (χ0n) is 20.9. The number of carbonyl (C=O) groups excluding carboxylic acids is 3. The van der Waals surface area contributed by atoms with Crippen molar-refractivity contribution in [3.8, 4) is 0 Å². The molecule has 0 bridgehead atoms. The standard InChI is InChI=1S/C28H31N3O5/c1-4-15-31-16-14-24-22(17-31)25(21-8-6-7-9-23(21)30-24)28(34)36-18(3)26(32)29-20-12-10-19(11-13-20)27(33)35-5-2/h6-13,18H,4-5,14-17H2,1-3H3,(H,29,32). The van der Waals surface area contributed by atoms with E-state index < -0.39 is 23.9 Å². The zero-order chi connectivity index (χ0) is 25.7. The monoisotopic (exact) mass is 489 g/mol. The first-order valence-corrected chi connectivity index (χ1v) is 12.3. The van der Waals surface area contributed by atoms with E-state index in [2.05, 4.69) is 17.1 Å². The number of carbonyl (C=O) groups is 3. The fraction of sp³-hybridized carbons (Fsp3) is 0.357. The topological polar surface area (TPSA) is 97.8 Å². The fourth-order valence-electron chi connectivity index (χ4n) is 4.41. The third-order valence-electron chi connectivity index (χ3n) is 6.19. The van der Waals surface area contributed by atoms with Crippen molar-refractivity contribution in [2.24, 2.45) is 0 Å². The average Bonchev–Trinajstić information content (AvgIpc) is 2.88. The summed E-state index contributed by atoms with van der Waals surface area (Å²) in [6.07, 6.45) is 0.756. The van der Waals surface area contributed by atoms with E-state index in [1.54, 1.807) is 38.1 Å². The molecule has 0 fully saturated rings. The molecule has 36 heavy (non-hydrogen) atoms. The number of pyridine rings is 1. The number of fused-ring (bicyclic) bond motifs is 2. The lowest BCUT2D eigenvalue weighted by atomic mass is 9.95. The summed E-state index contributed by atoms with van der Waals surface area (Å²) in [5, 5.41) is 3.45. The minimum Gasteiger partial charge on any atom is -0.462 e. The molecule has 0 spiro atoms. The van der Waals surface area contributed by atoms with Crippen LogP contribution in [0.1, 0.15) is 59.2 Å². The molecule has 0 saturated heterocycles. The Morgan fingerprint density at radius 1 is 1.06 bits per heavy atom. The van der Waals surface area contributed by atoms with Crippen molar-refractivity contribution in [1.82, 2.24) is 9.88 Å². The maximum Gasteiger partial charge on any atom is 0.339 e. The number of amides is 1. The quantitative estimate of drug-likeness (QED) is 0.470. The average molecular weight is 490 g/mol. The Labute approximate surface area is 210 Å². The van der Waals surface area contributed by atoms with Gasteiger partial charge in [-0.15, -0.1) is 0 Å². The molecule has 1 aliphatic heterocycles. The molecule has 4 rings (SSSR count). The molecule has 1 aromatic heterocycles. The molecule has 0 radical (unpaired) electrons. The maximum atomic E-state index is 13.4. The smallest absolute Gasteiger partial charge is 0.339 e. The van der Waals surface area contributed by atoms with E-state index in [1.807, 2.05) is 24.3 Å². The van der Waals surface area contributed by atoms with E-state index in [9.17, 15) is 14.4 Å². The molecule has 0 saturated carbocycles. The summed E-state index contributed by atoms with van der Waals surface area (Å²) in [5.74, 6) is -1.43. The van der Waals surface area contributed by atoms with Crippen LogP contribution in [0, 0.1) is 0 Å². The summed E-state index contributed by atoms with van der Waals surface area (Å²) < 4.78 is 10.6. The summed E-state index contributed by atoms with van der Waals surface area (Å²) in [4.78, 5) is 45.2. The first kappa shape index (κ1) is 25.3. The molecule has 2 heterocycles. The van der Waals surface area contributed by atoms with E-state index in [0.717, 1.165) is 48.1 Å². The second-order valence-electron chi connectivity index (χ2n) is 8.79. The van der Waals surface area contributed by atoms with Gasteiger partial charge in [-0.2, -0.15) is 0 Å². The molecule has 1 amide bonds. The number of para-hydroxylation sites is 1. The van der Waals surface area contributed by atoms with Crippen LogP contribution in [0.5, 0.6) is 0 Å². The number of benzene rings is 2. The van der Waals surface area contributed by atoms with Crippen LogP contribution in [0.3, 0.4) is 0 Å². The predicted molar refractivity (Wildman–Crippen MR) is 137 cm³/mol. The Kier molecular flexibility index (Phi) is 7.95. The zero-order valence-corrected chi connectivity index (χ0v) is 20.9. The minimum atomic E-state index is -1.03. The fourth-order valence-corrected chi connectivity index (χ4v) is 4.41. The summed E-state index contributed by atoms with van der Waals surface area (Å²) in [6, 6.07) is 13.9. The van der Waals surface area contributed by atoms with Gasteiger partial charge in [-0.3, -0.25) is 14.7 Å². The highest BCUT2D eigenvalue weighted by atomic mass is 16.5. The van der Waals surface area contributed by atoms with Gasteiger partial charge in [-0.05, 0) is 57.1 Å². The van der Waals surface area contributed by atoms with Crippen LogP contribution in [0.15, 0.2) is 48.5 Å². The number of nitrogens with one attached hydrogen (secondary N) is 1. The van der Waals surface area contributed by atoms with Crippen molar-refractivity contribution in [3.63, 3.8) is 0 Å². The third kappa shape index (κ3) is 5.54. The second-order valence-corrected chi connectivity index (χ2v) is 8.79. The van der Waals surface area contributed by atoms with Gasteiger partial charge in [0, 0.05) is 41.8 Å². The lowest BCUT2D eigenvalue weighted by Gasteiger charge is -2.29. The minimum absolute atomic E-state index is 0.285. The van der Waals surface area contributed by atoms with E-state index in [-0.39, 0.29) is 6.61 Å². The van der Waals surface area contributed by atoms with Gasteiger partial charge in [0.25, 0.3) is 5.91 Å². The molecule has 1 atom stereocenters. The molecule has 8 heteroatoms. The molecule has 1 unspecified atom stereocenters. The number of ether oxygens (including phenoxy) is 2. The number of hydrogen-bond donors (Lipinski definition) is 1. The summed E-state index contributed by atoms with van der Waals surface area (Å²) >= 11 is 0. The van der Waals surface area contributed by atoms with Crippen molar-refractivity contribution in [1.29, 1.82) is 0 Å². The Balaban J connectivity index is 1.52. The lowest BCUT2D eigenvalue weighted by molar-refractivity contribution is -0.123. The number of nitrogens with zero attached hydrogens (tertiary/aromatic N) is 2. The van der Waals surface area contributed by atoms with E-state index in [0.29, 0.717) is 23.4 Å². The molecule has 0 aliphatic carbocycles. The Morgan fingerprint density at radius 3 is 2.53 bits per heavy atom. The predicted octanol–water partition coefficient (Wildman–Crippen LogP) is 4.36. The Morgan fingerprint density at radius 2 is 1.81 bits per heavy atom. The van der Waals surface area contributed by atoms with Crippen molar-refractivity contribution >= 4 is 34.4 Å². The van der Waals surface area contributed by atoms with Crippen molar-refractivity contribution in [3.05, 3.63) is 70.9 Å². The van der Waals surface area contributed by atoms with Crippen LogP contribution in [-0.2, 0) is 27.2 Å². The van der Waals surface area contributed by atoms with Crippen LogP contribution < -0.4 is 5.32 Å². The van der Waals surface area contributed by atoms with Gasteiger partial charge >= 0.3 is 11.9 Å². The van der Waals surface area contributed by atoms with Crippen LogP contribution in [0.4, 0.5) is 5.69 Å². The number of esters is 2. The number of anilines is 1. The maximum absolute atomic E-state index is 13.4. The summed E-state index contributed by atoms with van der Waals surface area (Å²) in [7, 11) is 0. The largest absolute Gasteiger partial charge is 0.462 e. The molecular formula is C28H31N3O5. The third-order valence-corrected chi connectivity index (χ3v) is 6.19. The Hall–Kier alpha value is -3.78. The molecule has 3 aromatic rings. The van der Waals surface area contributed by atoms with Crippen LogP contribution in [0.2, 0.25) is 0 Å². The van der Waals surface area contributed by atoms with E-state index >= 15 is 0 Å². The molecule has 188 valence electrons. The van der Waals surface area contributed by atoms with Crippen LogP contribution in [0.25, 0.3) is 10.9 Å². The number of hydrogen-bond acceptors (Lipinski definition) is 7. The summed E-state index contributed by atoms with van der Waals surface area (Å²) in [5.41, 5.74) is 3.88. The van der Waals surface area contributed by atoms with Crippen LogP contribution in [-0.4, -0.2) is 53.5 Å². The van der Waals surface area contributed by atoms with Gasteiger partial charge in [-0.1, -0.05) is 25.1 Å². The van der Waals surface area contributed by atoms with Crippen LogP contribution >= 0.6 is 0 Å². The highest BCUT2D eigenvalue weighted by molar-refractivity contribution is 6.06. The van der Waals surface area contributed by atoms with Crippen molar-refractivity contribution in [2.45, 2.75) is 46.3 Å². The van der Waals surface area contributed by atoms with Crippen molar-refractivity contribution < 1.29 is 23.9 Å². The van der Waals surface area contributed by atoms with Crippen molar-refractivity contribution in [2.75, 3.05) is 25.0 Å². The lowest BCUT2D eigenvalue weighted by Crippen LogP contribution is -2.34. The van der Waals surface area contributed by atoms with Gasteiger partial charge in [0.15, 0.2) is 6.10 Å². The number of aromatic nitrogens is 1. The molecule has 1 aliphatic rings. The molecule has 1 N–H and O–H groups in total. The SMILES string of the molecule is CCCN1CCc2nc3ccccc3c(C(=O)OC(C)C(=O)Nc3ccc(C(=O)OCC)cc3)c2C1. The van der Waals surface area contributed by atoms with Gasteiger partial charge in [0.05, 0.1) is 23.3 Å². The first-order valence-electron chi connectivity index (χ1n) is 12.3. The number of rotatable bonds is 8. The normalized spacial score (nSPS) is 14.1. The molecular weight excluding hydrogens is 458 g/mol. The van der Waals surface area contributed by atoms with Gasteiger partial charge < -0.3 is 14.8 Å². The van der Waals surface area contributed by atoms with E-state index in [1.165, 1.54) is 0 Å². The van der Waals surface area contributed by atoms with Gasteiger partial charge in [-0.25, -0.2) is 9.59 Å².